The Kier molecular flexibility index (Phi) is 3.39. The van der Waals surface area contributed by atoms with Crippen LogP contribution in [0, 0.1) is 0 Å². The molecule has 17 heavy (non-hydrogen) atoms. The van der Waals surface area contributed by atoms with E-state index >= 15 is 0 Å². The Hall–Kier alpha value is -0.700. The highest BCUT2D eigenvalue weighted by atomic mass is 35.5. The molecule has 0 aliphatic rings. The molecule has 1 aromatic carbocycles. The van der Waals surface area contributed by atoms with Crippen molar-refractivity contribution in [1.82, 2.24) is 4.57 Å². The third-order valence-electron chi connectivity index (χ3n) is 2.73. The van der Waals surface area contributed by atoms with E-state index in [1.165, 1.54) is 4.57 Å². The Balaban J connectivity index is 2.91. The van der Waals surface area contributed by atoms with Crippen LogP contribution in [0.4, 0.5) is 0 Å². The van der Waals surface area contributed by atoms with E-state index in [1.807, 2.05) is 13.0 Å². The molecule has 0 bridgehead atoms. The SMILES string of the molecule is CC(Cl)c1cc2cc(Cl)c(Cl)cc2c(=O)n1C. The van der Waals surface area contributed by atoms with Gasteiger partial charge in [-0.2, -0.15) is 0 Å². The normalized spacial score (nSPS) is 13.0. The van der Waals surface area contributed by atoms with Crippen LogP contribution in [-0.4, -0.2) is 4.57 Å². The van der Waals surface area contributed by atoms with Gasteiger partial charge in [0.15, 0.2) is 0 Å². The highest BCUT2D eigenvalue weighted by Gasteiger charge is 2.12. The van der Waals surface area contributed by atoms with Crippen LogP contribution in [0.3, 0.4) is 0 Å². The van der Waals surface area contributed by atoms with Crippen molar-refractivity contribution in [3.05, 3.63) is 44.3 Å². The summed E-state index contributed by atoms with van der Waals surface area (Å²) in [4.78, 5) is 12.1. The summed E-state index contributed by atoms with van der Waals surface area (Å²) >= 11 is 17.9. The quantitative estimate of drug-likeness (QED) is 0.723. The fourth-order valence-electron chi connectivity index (χ4n) is 1.80. The topological polar surface area (TPSA) is 22.0 Å². The minimum Gasteiger partial charge on any atom is -0.314 e. The second kappa shape index (κ2) is 4.52. The average Bonchev–Trinajstić information content (AvgIpc) is 2.26. The van der Waals surface area contributed by atoms with Crippen molar-refractivity contribution in [2.45, 2.75) is 12.3 Å². The molecule has 0 radical (unpaired) electrons. The lowest BCUT2D eigenvalue weighted by Crippen LogP contribution is -2.20. The summed E-state index contributed by atoms with van der Waals surface area (Å²) < 4.78 is 1.53. The molecule has 1 heterocycles. The first kappa shape index (κ1) is 12.7. The third kappa shape index (κ3) is 2.17. The summed E-state index contributed by atoms with van der Waals surface area (Å²) in [5.41, 5.74) is 0.631. The summed E-state index contributed by atoms with van der Waals surface area (Å²) in [5, 5.41) is 1.86. The smallest absolute Gasteiger partial charge is 0.258 e. The molecule has 1 atom stereocenters. The Morgan fingerprint density at radius 1 is 1.18 bits per heavy atom. The zero-order chi connectivity index (χ0) is 12.7. The molecule has 1 unspecified atom stereocenters. The number of rotatable bonds is 1. The van der Waals surface area contributed by atoms with E-state index in [4.69, 9.17) is 34.8 Å². The van der Waals surface area contributed by atoms with Crippen LogP contribution in [0.2, 0.25) is 10.0 Å². The van der Waals surface area contributed by atoms with E-state index < -0.39 is 0 Å². The Labute approximate surface area is 114 Å². The van der Waals surface area contributed by atoms with Crippen molar-refractivity contribution in [3.63, 3.8) is 0 Å². The Morgan fingerprint density at radius 3 is 2.35 bits per heavy atom. The summed E-state index contributed by atoms with van der Waals surface area (Å²) in [6.45, 7) is 1.82. The van der Waals surface area contributed by atoms with E-state index in [2.05, 4.69) is 0 Å². The molecule has 5 heteroatoms. The molecule has 2 aromatic rings. The maximum Gasteiger partial charge on any atom is 0.258 e. The molecule has 2 nitrogen and oxygen atoms in total. The van der Waals surface area contributed by atoms with E-state index in [9.17, 15) is 4.79 Å². The van der Waals surface area contributed by atoms with Crippen molar-refractivity contribution < 1.29 is 0 Å². The van der Waals surface area contributed by atoms with E-state index in [0.29, 0.717) is 15.4 Å². The molecule has 0 fully saturated rings. The predicted octanol–water partition coefficient (Wildman–Crippen LogP) is 4.15. The molecular weight excluding hydrogens is 280 g/mol. The Morgan fingerprint density at radius 2 is 1.76 bits per heavy atom. The van der Waals surface area contributed by atoms with Gasteiger partial charge in [-0.3, -0.25) is 4.79 Å². The van der Waals surface area contributed by atoms with Crippen molar-refractivity contribution in [1.29, 1.82) is 0 Å². The van der Waals surface area contributed by atoms with Gasteiger partial charge in [-0.15, -0.1) is 11.6 Å². The molecule has 0 saturated heterocycles. The zero-order valence-corrected chi connectivity index (χ0v) is 11.6. The number of aromatic nitrogens is 1. The molecule has 1 aromatic heterocycles. The maximum absolute atomic E-state index is 12.1. The largest absolute Gasteiger partial charge is 0.314 e. The predicted molar refractivity (Wildman–Crippen MR) is 73.5 cm³/mol. The summed E-state index contributed by atoms with van der Waals surface area (Å²) in [6.07, 6.45) is 0. The maximum atomic E-state index is 12.1. The van der Waals surface area contributed by atoms with Crippen molar-refractivity contribution in [2.24, 2.45) is 7.05 Å². The number of fused-ring (bicyclic) bond motifs is 1. The van der Waals surface area contributed by atoms with E-state index in [-0.39, 0.29) is 10.9 Å². The number of pyridine rings is 1. The van der Waals surface area contributed by atoms with Gasteiger partial charge >= 0.3 is 0 Å². The summed E-state index contributed by atoms with van der Waals surface area (Å²) in [7, 11) is 1.69. The lowest BCUT2D eigenvalue weighted by molar-refractivity contribution is 0.781. The van der Waals surface area contributed by atoms with Gasteiger partial charge in [-0.05, 0) is 30.5 Å². The molecule has 90 valence electrons. The van der Waals surface area contributed by atoms with Gasteiger partial charge in [0.2, 0.25) is 0 Å². The molecule has 0 spiro atoms. The van der Waals surface area contributed by atoms with Crippen molar-refractivity contribution >= 4 is 45.6 Å². The van der Waals surface area contributed by atoms with E-state index in [0.717, 1.165) is 11.1 Å². The van der Waals surface area contributed by atoms with Gasteiger partial charge in [-0.1, -0.05) is 23.2 Å². The van der Waals surface area contributed by atoms with Gasteiger partial charge in [0, 0.05) is 18.1 Å². The lowest BCUT2D eigenvalue weighted by atomic mass is 10.1. The number of alkyl halides is 1. The minimum atomic E-state index is -0.244. The highest BCUT2D eigenvalue weighted by Crippen LogP contribution is 2.28. The number of hydrogen-bond donors (Lipinski definition) is 0. The highest BCUT2D eigenvalue weighted by molar-refractivity contribution is 6.42. The van der Waals surface area contributed by atoms with Gasteiger partial charge in [0.05, 0.1) is 15.4 Å². The van der Waals surface area contributed by atoms with Crippen LogP contribution < -0.4 is 5.56 Å². The number of hydrogen-bond acceptors (Lipinski definition) is 1. The van der Waals surface area contributed by atoms with Gasteiger partial charge in [-0.25, -0.2) is 0 Å². The molecule has 0 amide bonds. The second-order valence-corrected chi connectivity index (χ2v) is 5.37. The number of benzene rings is 1. The van der Waals surface area contributed by atoms with Crippen LogP contribution in [0.1, 0.15) is 18.0 Å². The van der Waals surface area contributed by atoms with Crippen molar-refractivity contribution in [3.8, 4) is 0 Å². The number of halogens is 3. The molecular formula is C12H10Cl3NO. The fraction of sp³-hybridized carbons (Fsp3) is 0.250. The first-order valence-corrected chi connectivity index (χ1v) is 6.24. The molecule has 0 aliphatic carbocycles. The number of nitrogens with zero attached hydrogens (tertiary/aromatic N) is 1. The summed E-state index contributed by atoms with van der Waals surface area (Å²) in [6, 6.07) is 5.13. The zero-order valence-electron chi connectivity index (χ0n) is 9.30. The second-order valence-electron chi connectivity index (χ2n) is 3.90. The first-order valence-electron chi connectivity index (χ1n) is 5.04. The standard InChI is InChI=1S/C12H10Cl3NO/c1-6(13)11-4-7-3-9(14)10(15)5-8(7)12(17)16(11)2/h3-6H,1-2H3. The van der Waals surface area contributed by atoms with Crippen molar-refractivity contribution in [2.75, 3.05) is 0 Å². The Bertz CT molecular complexity index is 646. The average molecular weight is 291 g/mol. The van der Waals surface area contributed by atoms with Gasteiger partial charge in [0.1, 0.15) is 0 Å². The van der Waals surface area contributed by atoms with Crippen LogP contribution in [0.15, 0.2) is 23.0 Å². The third-order valence-corrected chi connectivity index (χ3v) is 3.67. The molecule has 0 saturated carbocycles. The van der Waals surface area contributed by atoms with Crippen LogP contribution >= 0.6 is 34.8 Å². The van der Waals surface area contributed by atoms with Crippen LogP contribution in [0.5, 0.6) is 0 Å². The molecule has 0 aliphatic heterocycles. The minimum absolute atomic E-state index is 0.122. The summed E-state index contributed by atoms with van der Waals surface area (Å²) in [5.74, 6) is 0. The monoisotopic (exact) mass is 289 g/mol. The fourth-order valence-corrected chi connectivity index (χ4v) is 2.35. The molecule has 0 N–H and O–H groups in total. The van der Waals surface area contributed by atoms with Crippen LogP contribution in [0.25, 0.3) is 10.8 Å². The first-order chi connectivity index (χ1) is 7.91. The van der Waals surface area contributed by atoms with Crippen LogP contribution in [-0.2, 0) is 7.05 Å². The van der Waals surface area contributed by atoms with E-state index in [1.54, 1.807) is 19.2 Å². The lowest BCUT2D eigenvalue weighted by Gasteiger charge is -2.12. The van der Waals surface area contributed by atoms with Gasteiger partial charge < -0.3 is 4.57 Å². The van der Waals surface area contributed by atoms with Gasteiger partial charge in [0.25, 0.3) is 5.56 Å². The molecule has 2 rings (SSSR count).